The minimum Gasteiger partial charge on any atom is -0.486 e. The number of halogens is 1. The molecule has 19 heavy (non-hydrogen) atoms. The van der Waals surface area contributed by atoms with Crippen LogP contribution < -0.4 is 9.64 Å². The zero-order valence-corrected chi connectivity index (χ0v) is 12.4. The van der Waals surface area contributed by atoms with Gasteiger partial charge in [0, 0.05) is 11.6 Å². The fourth-order valence-electron chi connectivity index (χ4n) is 2.33. The molecule has 0 bridgehead atoms. The van der Waals surface area contributed by atoms with Gasteiger partial charge in [0.1, 0.15) is 11.9 Å². The van der Waals surface area contributed by atoms with Gasteiger partial charge in [-0.15, -0.1) is 11.6 Å². The summed E-state index contributed by atoms with van der Waals surface area (Å²) in [6.45, 7) is 7.29. The van der Waals surface area contributed by atoms with Crippen molar-refractivity contribution >= 4 is 23.1 Å². The molecule has 4 heteroatoms. The number of alkyl halides is 1. The van der Waals surface area contributed by atoms with E-state index in [-0.39, 0.29) is 17.8 Å². The van der Waals surface area contributed by atoms with Crippen LogP contribution in [-0.4, -0.2) is 30.4 Å². The molecule has 2 rings (SSSR count). The molecule has 0 N–H and O–H groups in total. The number of nitrogens with zero attached hydrogens (tertiary/aromatic N) is 1. The van der Waals surface area contributed by atoms with Crippen LogP contribution in [0.5, 0.6) is 5.75 Å². The highest BCUT2D eigenvalue weighted by molar-refractivity contribution is 6.30. The Hall–Kier alpha value is -1.22. The lowest BCUT2D eigenvalue weighted by molar-refractivity contribution is 0.102. The van der Waals surface area contributed by atoms with E-state index in [0.29, 0.717) is 11.6 Å². The van der Waals surface area contributed by atoms with Gasteiger partial charge in [-0.05, 0) is 38.5 Å². The zero-order chi connectivity index (χ0) is 14.0. The van der Waals surface area contributed by atoms with Crippen LogP contribution in [0.15, 0.2) is 18.2 Å². The molecule has 0 spiro atoms. The molecule has 0 saturated carbocycles. The number of carbonyl (C=O) groups is 1. The molecule has 1 aromatic carbocycles. The van der Waals surface area contributed by atoms with Gasteiger partial charge in [-0.25, -0.2) is 0 Å². The number of anilines is 1. The molecule has 104 valence electrons. The van der Waals surface area contributed by atoms with Gasteiger partial charge in [-0.3, -0.25) is 4.79 Å². The summed E-state index contributed by atoms with van der Waals surface area (Å²) in [5.74, 6) is 0.822. The van der Waals surface area contributed by atoms with Crippen molar-refractivity contribution in [1.82, 2.24) is 0 Å². The summed E-state index contributed by atoms with van der Waals surface area (Å²) >= 11 is 5.62. The Bertz CT molecular complexity index is 473. The highest BCUT2D eigenvalue weighted by atomic mass is 35.5. The highest BCUT2D eigenvalue weighted by Gasteiger charge is 2.27. The smallest absolute Gasteiger partial charge is 0.177 e. The molecule has 0 fully saturated rings. The number of hydrogen-bond acceptors (Lipinski definition) is 3. The van der Waals surface area contributed by atoms with Crippen molar-refractivity contribution in [3.8, 4) is 5.75 Å². The van der Waals surface area contributed by atoms with Crippen molar-refractivity contribution in [2.75, 3.05) is 17.3 Å². The molecule has 1 aliphatic heterocycles. The SMILES string of the molecule is CCC1CN(C(C)C)c2cc(C(=O)CCl)ccc2O1. The van der Waals surface area contributed by atoms with Crippen molar-refractivity contribution in [2.45, 2.75) is 39.3 Å². The molecule has 1 aliphatic rings. The minimum atomic E-state index is -0.0502. The largest absolute Gasteiger partial charge is 0.486 e. The average molecular weight is 282 g/mol. The maximum absolute atomic E-state index is 11.7. The number of Topliss-reactive ketones (excluding diaryl/α,β-unsaturated/α-hetero) is 1. The summed E-state index contributed by atoms with van der Waals surface area (Å²) < 4.78 is 5.94. The Morgan fingerprint density at radius 3 is 2.84 bits per heavy atom. The second kappa shape index (κ2) is 5.83. The summed E-state index contributed by atoms with van der Waals surface area (Å²) in [4.78, 5) is 14.0. The van der Waals surface area contributed by atoms with Crippen LogP contribution in [0.2, 0.25) is 0 Å². The van der Waals surface area contributed by atoms with E-state index in [0.717, 1.165) is 24.4 Å². The lowest BCUT2D eigenvalue weighted by atomic mass is 10.1. The van der Waals surface area contributed by atoms with Crippen molar-refractivity contribution < 1.29 is 9.53 Å². The molecule has 1 heterocycles. The Labute approximate surface area is 119 Å². The maximum Gasteiger partial charge on any atom is 0.177 e. The van der Waals surface area contributed by atoms with Crippen LogP contribution in [0.4, 0.5) is 5.69 Å². The quantitative estimate of drug-likeness (QED) is 0.625. The zero-order valence-electron chi connectivity index (χ0n) is 11.6. The topological polar surface area (TPSA) is 29.5 Å². The Morgan fingerprint density at radius 2 is 2.26 bits per heavy atom. The normalized spacial score (nSPS) is 18.2. The fourth-order valence-corrected chi connectivity index (χ4v) is 2.48. The van der Waals surface area contributed by atoms with Crippen LogP contribution >= 0.6 is 11.6 Å². The van der Waals surface area contributed by atoms with Gasteiger partial charge in [0.25, 0.3) is 0 Å². The third kappa shape index (κ3) is 2.86. The number of benzene rings is 1. The Kier molecular flexibility index (Phi) is 4.35. The lowest BCUT2D eigenvalue weighted by Gasteiger charge is -2.38. The van der Waals surface area contributed by atoms with E-state index in [1.54, 1.807) is 6.07 Å². The molecule has 0 aliphatic carbocycles. The van der Waals surface area contributed by atoms with E-state index in [1.165, 1.54) is 0 Å². The molecule has 0 radical (unpaired) electrons. The summed E-state index contributed by atoms with van der Waals surface area (Å²) in [6.07, 6.45) is 1.19. The van der Waals surface area contributed by atoms with Crippen molar-refractivity contribution in [1.29, 1.82) is 0 Å². The van der Waals surface area contributed by atoms with Crippen molar-refractivity contribution in [3.63, 3.8) is 0 Å². The average Bonchev–Trinajstić information content (AvgIpc) is 2.44. The fraction of sp³-hybridized carbons (Fsp3) is 0.533. The molecule has 1 aromatic rings. The summed E-state index contributed by atoms with van der Waals surface area (Å²) in [6, 6.07) is 5.94. The maximum atomic E-state index is 11.7. The van der Waals surface area contributed by atoms with Gasteiger partial charge in [0.05, 0.1) is 18.1 Å². The first kappa shape index (κ1) is 14.2. The Balaban J connectivity index is 2.40. The predicted octanol–water partition coefficient (Wildman–Crippen LogP) is 3.49. The van der Waals surface area contributed by atoms with Gasteiger partial charge < -0.3 is 9.64 Å². The molecule has 0 saturated heterocycles. The van der Waals surface area contributed by atoms with Gasteiger partial charge in [0.15, 0.2) is 5.78 Å². The van der Waals surface area contributed by atoms with Gasteiger partial charge in [0.2, 0.25) is 0 Å². The molecular formula is C15H20ClNO2. The summed E-state index contributed by atoms with van der Waals surface area (Å²) in [5, 5.41) is 0. The van der Waals surface area contributed by atoms with E-state index < -0.39 is 0 Å². The first-order chi connectivity index (χ1) is 9.06. The van der Waals surface area contributed by atoms with Crippen LogP contribution in [0.25, 0.3) is 0 Å². The third-order valence-corrected chi connectivity index (χ3v) is 3.73. The minimum absolute atomic E-state index is 0.0128. The number of hydrogen-bond donors (Lipinski definition) is 0. The monoisotopic (exact) mass is 281 g/mol. The molecule has 1 atom stereocenters. The van der Waals surface area contributed by atoms with Crippen molar-refractivity contribution in [2.24, 2.45) is 0 Å². The van der Waals surface area contributed by atoms with E-state index in [1.807, 2.05) is 12.1 Å². The molecule has 0 amide bonds. The summed E-state index contributed by atoms with van der Waals surface area (Å²) in [7, 11) is 0. The Morgan fingerprint density at radius 1 is 1.53 bits per heavy atom. The number of ketones is 1. The number of fused-ring (bicyclic) bond motifs is 1. The van der Waals surface area contributed by atoms with Gasteiger partial charge in [-0.2, -0.15) is 0 Å². The second-order valence-corrected chi connectivity index (χ2v) is 5.40. The molecule has 3 nitrogen and oxygen atoms in total. The van der Waals surface area contributed by atoms with Gasteiger partial charge in [-0.1, -0.05) is 6.92 Å². The van der Waals surface area contributed by atoms with E-state index in [2.05, 4.69) is 25.7 Å². The van der Waals surface area contributed by atoms with E-state index in [9.17, 15) is 4.79 Å². The van der Waals surface area contributed by atoms with Gasteiger partial charge >= 0.3 is 0 Å². The van der Waals surface area contributed by atoms with Crippen LogP contribution in [-0.2, 0) is 0 Å². The number of ether oxygens (including phenoxy) is 1. The number of rotatable bonds is 4. The highest BCUT2D eigenvalue weighted by Crippen LogP contribution is 2.36. The lowest BCUT2D eigenvalue weighted by Crippen LogP contribution is -2.43. The second-order valence-electron chi connectivity index (χ2n) is 5.13. The van der Waals surface area contributed by atoms with Crippen LogP contribution in [0.3, 0.4) is 0 Å². The predicted molar refractivity (Wildman–Crippen MR) is 78.7 cm³/mol. The molecule has 0 aromatic heterocycles. The number of carbonyl (C=O) groups excluding carboxylic acids is 1. The van der Waals surface area contributed by atoms with Crippen LogP contribution in [0, 0.1) is 0 Å². The van der Waals surface area contributed by atoms with E-state index in [4.69, 9.17) is 16.3 Å². The summed E-state index contributed by atoms with van der Waals surface area (Å²) in [5.41, 5.74) is 1.65. The third-order valence-electron chi connectivity index (χ3n) is 3.48. The van der Waals surface area contributed by atoms with E-state index >= 15 is 0 Å². The molecule has 1 unspecified atom stereocenters. The van der Waals surface area contributed by atoms with Crippen molar-refractivity contribution in [3.05, 3.63) is 23.8 Å². The first-order valence-corrected chi connectivity index (χ1v) is 7.26. The first-order valence-electron chi connectivity index (χ1n) is 6.73. The molecular weight excluding hydrogens is 262 g/mol. The van der Waals surface area contributed by atoms with Crippen LogP contribution in [0.1, 0.15) is 37.6 Å². The standard InChI is InChI=1S/C15H20ClNO2/c1-4-12-9-17(10(2)3)13-7-11(14(18)8-16)5-6-15(13)19-12/h5-7,10,12H,4,8-9H2,1-3H3.